The van der Waals surface area contributed by atoms with E-state index in [1.165, 1.54) is 18.2 Å². The Kier molecular flexibility index (Phi) is 4.00. The molecule has 0 fully saturated rings. The van der Waals surface area contributed by atoms with Crippen molar-refractivity contribution in [1.82, 2.24) is 0 Å². The van der Waals surface area contributed by atoms with Crippen molar-refractivity contribution >= 4 is 27.3 Å². The van der Waals surface area contributed by atoms with Crippen molar-refractivity contribution < 1.29 is 13.2 Å². The molecular weight excluding hydrogens is 333 g/mol. The highest BCUT2D eigenvalue weighted by Gasteiger charge is 2.14. The summed E-state index contributed by atoms with van der Waals surface area (Å²) < 4.78 is 41.0. The quantitative estimate of drug-likeness (QED) is 0.853. The average molecular weight is 341 g/mol. The summed E-state index contributed by atoms with van der Waals surface area (Å²) >= 11 is 3.04. The molecule has 20 heavy (non-hydrogen) atoms. The van der Waals surface area contributed by atoms with Gasteiger partial charge in [0, 0.05) is 5.69 Å². The van der Waals surface area contributed by atoms with E-state index in [1.54, 1.807) is 13.0 Å². The molecule has 0 radical (unpaired) electrons. The number of halogens is 4. The van der Waals surface area contributed by atoms with Crippen molar-refractivity contribution in [2.24, 2.45) is 0 Å². The largest absolute Gasteiger partial charge is 0.353 e. The van der Waals surface area contributed by atoms with Crippen LogP contribution in [0.2, 0.25) is 0 Å². The molecule has 1 N–H and O–H groups in total. The standard InChI is InChI=1S/C14H8BrF3N2/c1-7-4-9(15)10(16)5-12(7)20-11-3-2-8(6-19)13(17)14(11)18/h2-5,20H,1H3. The van der Waals surface area contributed by atoms with Crippen LogP contribution < -0.4 is 5.32 Å². The minimum Gasteiger partial charge on any atom is -0.353 e. The van der Waals surface area contributed by atoms with E-state index in [2.05, 4.69) is 21.2 Å². The van der Waals surface area contributed by atoms with E-state index < -0.39 is 17.5 Å². The van der Waals surface area contributed by atoms with Crippen molar-refractivity contribution in [3.8, 4) is 6.07 Å². The van der Waals surface area contributed by atoms with Crippen LogP contribution in [0, 0.1) is 35.7 Å². The van der Waals surface area contributed by atoms with E-state index in [1.807, 2.05) is 0 Å². The van der Waals surface area contributed by atoms with E-state index in [0.717, 1.165) is 6.07 Å². The number of benzene rings is 2. The van der Waals surface area contributed by atoms with Gasteiger partial charge in [0.1, 0.15) is 11.9 Å². The molecule has 0 aliphatic heterocycles. The highest BCUT2D eigenvalue weighted by atomic mass is 79.9. The molecule has 6 heteroatoms. The van der Waals surface area contributed by atoms with Gasteiger partial charge in [-0.25, -0.2) is 13.2 Å². The molecule has 0 saturated heterocycles. The lowest BCUT2D eigenvalue weighted by molar-refractivity contribution is 0.509. The Labute approximate surface area is 122 Å². The molecule has 0 atom stereocenters. The highest BCUT2D eigenvalue weighted by molar-refractivity contribution is 9.10. The maximum atomic E-state index is 13.8. The molecule has 0 bridgehead atoms. The van der Waals surface area contributed by atoms with Gasteiger partial charge >= 0.3 is 0 Å². The van der Waals surface area contributed by atoms with Gasteiger partial charge in [-0.2, -0.15) is 5.26 Å². The van der Waals surface area contributed by atoms with Gasteiger partial charge in [-0.15, -0.1) is 0 Å². The average Bonchev–Trinajstić information content (AvgIpc) is 2.41. The second-order valence-corrected chi connectivity index (χ2v) is 4.96. The maximum Gasteiger partial charge on any atom is 0.183 e. The zero-order valence-electron chi connectivity index (χ0n) is 10.3. The lowest BCUT2D eigenvalue weighted by Crippen LogP contribution is -2.00. The number of nitriles is 1. The first kappa shape index (κ1) is 14.4. The third-order valence-corrected chi connectivity index (χ3v) is 3.35. The van der Waals surface area contributed by atoms with Crippen molar-refractivity contribution in [2.75, 3.05) is 5.32 Å². The Hall–Kier alpha value is -2.00. The minimum absolute atomic E-state index is 0.161. The van der Waals surface area contributed by atoms with E-state index >= 15 is 0 Å². The summed E-state index contributed by atoms with van der Waals surface area (Å²) in [5.74, 6) is -2.92. The fraction of sp³-hybridized carbons (Fsp3) is 0.0714. The molecule has 2 aromatic rings. The number of nitrogens with one attached hydrogen (secondary N) is 1. The zero-order chi connectivity index (χ0) is 14.9. The SMILES string of the molecule is Cc1cc(Br)c(F)cc1Nc1ccc(C#N)c(F)c1F. The van der Waals surface area contributed by atoms with Crippen LogP contribution in [0.5, 0.6) is 0 Å². The second-order valence-electron chi connectivity index (χ2n) is 4.11. The monoisotopic (exact) mass is 340 g/mol. The first-order chi connectivity index (χ1) is 9.43. The molecule has 0 aliphatic carbocycles. The Morgan fingerprint density at radius 1 is 1.10 bits per heavy atom. The third kappa shape index (κ3) is 2.63. The molecule has 2 rings (SSSR count). The van der Waals surface area contributed by atoms with Gasteiger partial charge in [-0.1, -0.05) is 0 Å². The normalized spacial score (nSPS) is 10.2. The number of nitrogens with zero attached hydrogens (tertiary/aromatic N) is 1. The van der Waals surface area contributed by atoms with Gasteiger partial charge in [0.2, 0.25) is 0 Å². The maximum absolute atomic E-state index is 13.8. The van der Waals surface area contributed by atoms with Gasteiger partial charge in [-0.05, 0) is 52.7 Å². The summed E-state index contributed by atoms with van der Waals surface area (Å²) in [5.41, 5.74) is 0.425. The summed E-state index contributed by atoms with van der Waals surface area (Å²) in [6.07, 6.45) is 0. The fourth-order valence-electron chi connectivity index (χ4n) is 1.66. The molecule has 0 spiro atoms. The van der Waals surface area contributed by atoms with Gasteiger partial charge in [0.05, 0.1) is 15.7 Å². The Morgan fingerprint density at radius 2 is 1.80 bits per heavy atom. The van der Waals surface area contributed by atoms with Crippen molar-refractivity contribution in [3.05, 3.63) is 57.3 Å². The Morgan fingerprint density at radius 3 is 2.45 bits per heavy atom. The van der Waals surface area contributed by atoms with E-state index in [9.17, 15) is 13.2 Å². The van der Waals surface area contributed by atoms with E-state index in [4.69, 9.17) is 5.26 Å². The van der Waals surface area contributed by atoms with Crippen LogP contribution in [0.3, 0.4) is 0 Å². The molecule has 0 aliphatic rings. The van der Waals surface area contributed by atoms with Gasteiger partial charge in [0.15, 0.2) is 11.6 Å². The topological polar surface area (TPSA) is 35.8 Å². The highest BCUT2D eigenvalue weighted by Crippen LogP contribution is 2.29. The van der Waals surface area contributed by atoms with Crippen molar-refractivity contribution in [1.29, 1.82) is 5.26 Å². The van der Waals surface area contributed by atoms with Crippen LogP contribution in [-0.4, -0.2) is 0 Å². The van der Waals surface area contributed by atoms with Crippen LogP contribution in [0.15, 0.2) is 28.7 Å². The Balaban J connectivity index is 2.44. The molecule has 0 amide bonds. The van der Waals surface area contributed by atoms with Gasteiger partial charge < -0.3 is 5.32 Å². The molecule has 2 nitrogen and oxygen atoms in total. The van der Waals surface area contributed by atoms with E-state index in [-0.39, 0.29) is 15.7 Å². The first-order valence-corrected chi connectivity index (χ1v) is 6.34. The summed E-state index contributed by atoms with van der Waals surface area (Å²) in [7, 11) is 0. The summed E-state index contributed by atoms with van der Waals surface area (Å²) in [5, 5.41) is 11.2. The van der Waals surface area contributed by atoms with E-state index in [0.29, 0.717) is 11.3 Å². The summed E-state index contributed by atoms with van der Waals surface area (Å²) in [4.78, 5) is 0. The smallest absolute Gasteiger partial charge is 0.183 e. The predicted molar refractivity (Wildman–Crippen MR) is 73.2 cm³/mol. The molecule has 0 aromatic heterocycles. The predicted octanol–water partition coefficient (Wildman–Crippen LogP) is 4.79. The Bertz CT molecular complexity index is 723. The molecule has 0 unspecified atom stereocenters. The lowest BCUT2D eigenvalue weighted by atomic mass is 10.1. The third-order valence-electron chi connectivity index (χ3n) is 2.74. The molecule has 102 valence electrons. The van der Waals surface area contributed by atoms with Gasteiger partial charge in [-0.3, -0.25) is 0 Å². The van der Waals surface area contributed by atoms with Crippen LogP contribution in [0.4, 0.5) is 24.5 Å². The van der Waals surface area contributed by atoms with Crippen molar-refractivity contribution in [2.45, 2.75) is 6.92 Å². The van der Waals surface area contributed by atoms with Crippen molar-refractivity contribution in [3.63, 3.8) is 0 Å². The number of aryl methyl sites for hydroxylation is 1. The van der Waals surface area contributed by atoms with Crippen LogP contribution in [0.25, 0.3) is 0 Å². The zero-order valence-corrected chi connectivity index (χ0v) is 11.9. The number of rotatable bonds is 2. The van der Waals surface area contributed by atoms with Crippen LogP contribution >= 0.6 is 15.9 Å². The summed E-state index contributed by atoms with van der Waals surface area (Å²) in [6, 6.07) is 6.64. The molecular formula is C14H8BrF3N2. The minimum atomic E-state index is -1.23. The van der Waals surface area contributed by atoms with Gasteiger partial charge in [0.25, 0.3) is 0 Å². The lowest BCUT2D eigenvalue weighted by Gasteiger charge is -2.12. The van der Waals surface area contributed by atoms with Crippen LogP contribution in [-0.2, 0) is 0 Å². The second kappa shape index (κ2) is 5.55. The molecule has 0 heterocycles. The van der Waals surface area contributed by atoms with Crippen LogP contribution in [0.1, 0.15) is 11.1 Å². The number of hydrogen-bond donors (Lipinski definition) is 1. The fourth-order valence-corrected chi connectivity index (χ4v) is 2.12. The number of anilines is 2. The first-order valence-electron chi connectivity index (χ1n) is 5.54. The number of hydrogen-bond acceptors (Lipinski definition) is 2. The molecule has 2 aromatic carbocycles. The summed E-state index contributed by atoms with van der Waals surface area (Å²) in [6.45, 7) is 1.70. The molecule has 0 saturated carbocycles.